The first kappa shape index (κ1) is 13.9. The third-order valence-electron chi connectivity index (χ3n) is 3.40. The molecule has 112 valence electrons. The lowest BCUT2D eigenvalue weighted by Gasteiger charge is -2.05. The van der Waals surface area contributed by atoms with E-state index in [4.69, 9.17) is 0 Å². The van der Waals surface area contributed by atoms with Gasteiger partial charge in [-0.25, -0.2) is 0 Å². The van der Waals surface area contributed by atoms with Gasteiger partial charge in [0, 0.05) is 37.4 Å². The molecule has 2 N–H and O–H groups in total. The Hall–Kier alpha value is -3.09. The van der Waals surface area contributed by atoms with Crippen molar-refractivity contribution in [3.63, 3.8) is 0 Å². The minimum Gasteiger partial charge on any atom is -0.350 e. The molecule has 0 saturated carbocycles. The number of rotatable bonds is 2. The molecule has 3 rings (SSSR count). The molecule has 0 bridgehead atoms. The van der Waals surface area contributed by atoms with E-state index in [1.807, 2.05) is 35.9 Å². The molecular formula is C15H15N5O2. The number of nitrogens with one attached hydrogen (secondary N) is 2. The van der Waals surface area contributed by atoms with E-state index in [-0.39, 0.29) is 5.91 Å². The number of hydrogen-bond acceptors (Lipinski definition) is 3. The van der Waals surface area contributed by atoms with Crippen LogP contribution in [0.3, 0.4) is 0 Å². The zero-order valence-electron chi connectivity index (χ0n) is 12.2. The number of benzene rings is 1. The highest BCUT2D eigenvalue weighted by atomic mass is 16.2. The minimum atomic E-state index is -0.415. The largest absolute Gasteiger partial charge is 0.350 e. The fourth-order valence-electron chi connectivity index (χ4n) is 2.31. The smallest absolute Gasteiger partial charge is 0.272 e. The zero-order valence-corrected chi connectivity index (χ0v) is 12.2. The fourth-order valence-corrected chi connectivity index (χ4v) is 2.31. The molecule has 2 heterocycles. The zero-order chi connectivity index (χ0) is 15.7. The predicted octanol–water partition coefficient (Wildman–Crippen LogP) is 0.987. The summed E-state index contributed by atoms with van der Waals surface area (Å²) < 4.78 is 3.38. The van der Waals surface area contributed by atoms with Gasteiger partial charge in [0.25, 0.3) is 11.8 Å². The first-order valence-electron chi connectivity index (χ1n) is 6.69. The topological polar surface area (TPSA) is 81.0 Å². The molecule has 2 aromatic heterocycles. The Balaban J connectivity index is 1.75. The molecule has 3 aromatic rings. The van der Waals surface area contributed by atoms with E-state index >= 15 is 0 Å². The lowest BCUT2D eigenvalue weighted by molar-refractivity contribution is 0.0847. The van der Waals surface area contributed by atoms with Crippen molar-refractivity contribution in [2.45, 2.75) is 0 Å². The number of aryl methyl sites for hydroxylation is 2. The van der Waals surface area contributed by atoms with Gasteiger partial charge in [-0.1, -0.05) is 18.2 Å². The van der Waals surface area contributed by atoms with Gasteiger partial charge in [-0.3, -0.25) is 25.1 Å². The van der Waals surface area contributed by atoms with Crippen molar-refractivity contribution in [2.24, 2.45) is 14.1 Å². The van der Waals surface area contributed by atoms with Crippen molar-refractivity contribution in [3.8, 4) is 0 Å². The van der Waals surface area contributed by atoms with Crippen LogP contribution in [0.1, 0.15) is 20.7 Å². The molecule has 7 nitrogen and oxygen atoms in total. The number of amides is 2. The monoisotopic (exact) mass is 297 g/mol. The molecule has 7 heteroatoms. The number of carbonyl (C=O) groups excluding carboxylic acids is 2. The molecule has 0 spiro atoms. The molecule has 0 atom stereocenters. The number of para-hydroxylation sites is 1. The van der Waals surface area contributed by atoms with Crippen LogP contribution < -0.4 is 10.9 Å². The number of hydrogen-bond donors (Lipinski definition) is 2. The molecule has 1 aromatic carbocycles. The Kier molecular flexibility index (Phi) is 3.38. The number of aromatic nitrogens is 3. The van der Waals surface area contributed by atoms with Gasteiger partial charge in [0.1, 0.15) is 0 Å². The van der Waals surface area contributed by atoms with Gasteiger partial charge in [-0.2, -0.15) is 5.10 Å². The van der Waals surface area contributed by atoms with E-state index in [2.05, 4.69) is 16.0 Å². The quantitative estimate of drug-likeness (QED) is 0.692. The molecular weight excluding hydrogens is 282 g/mol. The van der Waals surface area contributed by atoms with Crippen LogP contribution in [0.25, 0.3) is 10.9 Å². The molecule has 0 aliphatic heterocycles. The van der Waals surface area contributed by atoms with E-state index in [1.165, 1.54) is 10.9 Å². The summed E-state index contributed by atoms with van der Waals surface area (Å²) in [4.78, 5) is 24.1. The average molecular weight is 297 g/mol. The van der Waals surface area contributed by atoms with E-state index < -0.39 is 5.91 Å². The summed E-state index contributed by atoms with van der Waals surface area (Å²) in [6, 6.07) is 7.58. The van der Waals surface area contributed by atoms with Gasteiger partial charge >= 0.3 is 0 Å². The van der Waals surface area contributed by atoms with Gasteiger partial charge in [-0.05, 0) is 6.07 Å². The second-order valence-electron chi connectivity index (χ2n) is 4.98. The van der Waals surface area contributed by atoms with Crippen LogP contribution in [0.15, 0.2) is 42.9 Å². The van der Waals surface area contributed by atoms with Crippen molar-refractivity contribution >= 4 is 22.7 Å². The van der Waals surface area contributed by atoms with Crippen molar-refractivity contribution in [3.05, 3.63) is 54.0 Å². The second-order valence-corrected chi connectivity index (χ2v) is 4.98. The van der Waals surface area contributed by atoms with Gasteiger partial charge in [0.15, 0.2) is 0 Å². The maximum Gasteiger partial charge on any atom is 0.272 e. The van der Waals surface area contributed by atoms with Crippen LogP contribution in [0, 0.1) is 0 Å². The Morgan fingerprint density at radius 1 is 1.05 bits per heavy atom. The van der Waals surface area contributed by atoms with Crippen LogP contribution in [0.4, 0.5) is 0 Å². The Labute approximate surface area is 126 Å². The Morgan fingerprint density at radius 2 is 1.77 bits per heavy atom. The summed E-state index contributed by atoms with van der Waals surface area (Å²) in [5.74, 6) is -0.782. The summed E-state index contributed by atoms with van der Waals surface area (Å²) in [6.07, 6.45) is 4.73. The van der Waals surface area contributed by atoms with Gasteiger partial charge in [-0.15, -0.1) is 0 Å². The lowest BCUT2D eigenvalue weighted by Crippen LogP contribution is -2.41. The minimum absolute atomic E-state index is 0.367. The first-order valence-corrected chi connectivity index (χ1v) is 6.69. The van der Waals surface area contributed by atoms with Gasteiger partial charge in [0.05, 0.1) is 17.3 Å². The van der Waals surface area contributed by atoms with E-state index in [0.717, 1.165) is 10.9 Å². The van der Waals surface area contributed by atoms with E-state index in [0.29, 0.717) is 11.1 Å². The van der Waals surface area contributed by atoms with Crippen LogP contribution >= 0.6 is 0 Å². The molecule has 22 heavy (non-hydrogen) atoms. The third-order valence-corrected chi connectivity index (χ3v) is 3.40. The third kappa shape index (κ3) is 2.44. The molecule has 0 aliphatic carbocycles. The maximum absolute atomic E-state index is 12.3. The standard InChI is InChI=1S/C15H15N5O2/c1-19-9-12(11-5-3-4-6-13(11)19)15(22)18-17-14(21)10-7-16-20(2)8-10/h3-9H,1-2H3,(H,17,21)(H,18,22). The summed E-state index contributed by atoms with van der Waals surface area (Å²) in [5, 5.41) is 4.74. The highest BCUT2D eigenvalue weighted by molar-refractivity contribution is 6.07. The molecule has 0 fully saturated rings. The molecule has 0 aliphatic rings. The molecule has 0 radical (unpaired) electrons. The summed E-state index contributed by atoms with van der Waals surface area (Å²) in [6.45, 7) is 0. The van der Waals surface area contributed by atoms with Crippen LogP contribution in [-0.4, -0.2) is 26.2 Å². The highest BCUT2D eigenvalue weighted by Gasteiger charge is 2.15. The predicted molar refractivity (Wildman–Crippen MR) is 81.1 cm³/mol. The maximum atomic E-state index is 12.3. The molecule has 2 amide bonds. The molecule has 0 unspecified atom stereocenters. The number of carbonyl (C=O) groups is 2. The Morgan fingerprint density at radius 3 is 2.50 bits per heavy atom. The van der Waals surface area contributed by atoms with Crippen molar-refractivity contribution in [1.29, 1.82) is 0 Å². The lowest BCUT2D eigenvalue weighted by atomic mass is 10.2. The molecule has 0 saturated heterocycles. The number of fused-ring (bicyclic) bond motifs is 1. The van der Waals surface area contributed by atoms with Crippen LogP contribution in [0.2, 0.25) is 0 Å². The van der Waals surface area contributed by atoms with Crippen molar-refractivity contribution in [1.82, 2.24) is 25.2 Å². The van der Waals surface area contributed by atoms with Gasteiger partial charge < -0.3 is 4.57 Å². The van der Waals surface area contributed by atoms with Crippen LogP contribution in [-0.2, 0) is 14.1 Å². The number of hydrazine groups is 1. The summed E-state index contributed by atoms with van der Waals surface area (Å²) >= 11 is 0. The fraction of sp³-hybridized carbons (Fsp3) is 0.133. The van der Waals surface area contributed by atoms with E-state index in [9.17, 15) is 9.59 Å². The van der Waals surface area contributed by atoms with Gasteiger partial charge in [0.2, 0.25) is 0 Å². The summed E-state index contributed by atoms with van der Waals surface area (Å²) in [5.41, 5.74) is 6.64. The average Bonchev–Trinajstić information content (AvgIpc) is 3.09. The normalized spacial score (nSPS) is 10.6. The highest BCUT2D eigenvalue weighted by Crippen LogP contribution is 2.19. The Bertz CT molecular complexity index is 862. The van der Waals surface area contributed by atoms with Crippen molar-refractivity contribution in [2.75, 3.05) is 0 Å². The summed E-state index contributed by atoms with van der Waals surface area (Å²) in [7, 11) is 3.58. The van der Waals surface area contributed by atoms with Crippen LogP contribution in [0.5, 0.6) is 0 Å². The first-order chi connectivity index (χ1) is 10.6. The SMILES string of the molecule is Cn1cc(C(=O)NNC(=O)c2cn(C)c3ccccc23)cn1. The van der Waals surface area contributed by atoms with Crippen molar-refractivity contribution < 1.29 is 9.59 Å². The number of nitrogens with zero attached hydrogens (tertiary/aromatic N) is 3. The van der Waals surface area contributed by atoms with E-state index in [1.54, 1.807) is 19.4 Å². The second kappa shape index (κ2) is 5.36.